The van der Waals surface area contributed by atoms with Crippen molar-refractivity contribution in [2.75, 3.05) is 5.73 Å². The lowest BCUT2D eigenvalue weighted by atomic mass is 10.0. The molecule has 0 bridgehead atoms. The lowest BCUT2D eigenvalue weighted by Gasteiger charge is -2.07. The molecule has 0 aliphatic carbocycles. The van der Waals surface area contributed by atoms with E-state index in [-0.39, 0.29) is 5.43 Å². The molecule has 0 atom stereocenters. The van der Waals surface area contributed by atoms with Crippen LogP contribution in [0.1, 0.15) is 24.6 Å². The zero-order valence-electron chi connectivity index (χ0n) is 9.63. The molecule has 0 aliphatic heterocycles. The summed E-state index contributed by atoms with van der Waals surface area (Å²) in [4.78, 5) is 15.5. The van der Waals surface area contributed by atoms with Gasteiger partial charge >= 0.3 is 0 Å². The Morgan fingerprint density at radius 1 is 1.38 bits per heavy atom. The van der Waals surface area contributed by atoms with Crippen LogP contribution in [0.4, 0.5) is 5.69 Å². The number of anilines is 1. The van der Waals surface area contributed by atoms with Crippen molar-refractivity contribution in [1.29, 1.82) is 0 Å². The highest BCUT2D eigenvalue weighted by atomic mass is 16.1. The highest BCUT2D eigenvalue weighted by molar-refractivity contribution is 5.82. The Balaban J connectivity index is 2.80. The van der Waals surface area contributed by atoms with Gasteiger partial charge in [-0.15, -0.1) is 0 Å². The van der Waals surface area contributed by atoms with Crippen molar-refractivity contribution >= 4 is 16.6 Å². The van der Waals surface area contributed by atoms with E-state index in [1.165, 1.54) is 0 Å². The van der Waals surface area contributed by atoms with Crippen LogP contribution in [0.3, 0.4) is 0 Å². The predicted molar refractivity (Wildman–Crippen MR) is 67.7 cm³/mol. The van der Waals surface area contributed by atoms with Crippen LogP contribution in [0.2, 0.25) is 0 Å². The van der Waals surface area contributed by atoms with Crippen LogP contribution in [-0.2, 0) is 6.42 Å². The number of fused-ring (bicyclic) bond motifs is 1. The Hall–Kier alpha value is -1.77. The molecule has 0 amide bonds. The minimum absolute atomic E-state index is 0.111. The predicted octanol–water partition coefficient (Wildman–Crippen LogP) is 2.37. The summed E-state index contributed by atoms with van der Waals surface area (Å²) in [7, 11) is 0. The Morgan fingerprint density at radius 3 is 2.81 bits per heavy atom. The van der Waals surface area contributed by atoms with E-state index in [9.17, 15) is 4.79 Å². The molecule has 1 heterocycles. The molecule has 0 radical (unpaired) electrons. The van der Waals surface area contributed by atoms with E-state index in [4.69, 9.17) is 5.73 Å². The van der Waals surface area contributed by atoms with E-state index >= 15 is 0 Å². The van der Waals surface area contributed by atoms with E-state index in [1.54, 1.807) is 12.1 Å². The number of aryl methyl sites for hydroxylation is 1. The van der Waals surface area contributed by atoms with Crippen molar-refractivity contribution in [2.24, 2.45) is 0 Å². The Morgan fingerprint density at radius 2 is 2.12 bits per heavy atom. The van der Waals surface area contributed by atoms with Crippen LogP contribution in [0.5, 0.6) is 0 Å². The summed E-state index contributed by atoms with van der Waals surface area (Å²) >= 11 is 0. The number of nitrogens with two attached hydrogens (primary N) is 1. The number of aromatic amines is 1. The van der Waals surface area contributed by atoms with Gasteiger partial charge in [0.2, 0.25) is 0 Å². The van der Waals surface area contributed by atoms with Gasteiger partial charge in [-0.1, -0.05) is 13.3 Å². The Labute approximate surface area is 94.3 Å². The number of rotatable bonds is 2. The first-order valence-electron chi connectivity index (χ1n) is 5.54. The van der Waals surface area contributed by atoms with Gasteiger partial charge in [-0.3, -0.25) is 4.79 Å². The van der Waals surface area contributed by atoms with Crippen molar-refractivity contribution in [1.82, 2.24) is 4.98 Å². The number of H-pyrrole nitrogens is 1. The molecule has 3 heteroatoms. The number of nitrogens with one attached hydrogen (secondary N) is 1. The first-order chi connectivity index (χ1) is 7.63. The average Bonchev–Trinajstić information content (AvgIpc) is 2.26. The summed E-state index contributed by atoms with van der Waals surface area (Å²) in [6, 6.07) is 5.40. The van der Waals surface area contributed by atoms with E-state index in [2.05, 4.69) is 11.9 Å². The average molecular weight is 216 g/mol. The fourth-order valence-corrected chi connectivity index (χ4v) is 2.02. The molecular weight excluding hydrogens is 200 g/mol. The van der Waals surface area contributed by atoms with Crippen LogP contribution < -0.4 is 11.2 Å². The molecule has 1 aromatic carbocycles. The minimum atomic E-state index is 0.111. The largest absolute Gasteiger partial charge is 0.399 e. The summed E-state index contributed by atoms with van der Waals surface area (Å²) in [5, 5.41) is 0.689. The van der Waals surface area contributed by atoms with Gasteiger partial charge in [0.15, 0.2) is 5.43 Å². The molecule has 16 heavy (non-hydrogen) atoms. The maximum absolute atomic E-state index is 12.2. The van der Waals surface area contributed by atoms with Crippen molar-refractivity contribution in [3.63, 3.8) is 0 Å². The van der Waals surface area contributed by atoms with Crippen molar-refractivity contribution in [3.05, 3.63) is 39.7 Å². The second kappa shape index (κ2) is 4.00. The van der Waals surface area contributed by atoms with Crippen molar-refractivity contribution in [2.45, 2.75) is 26.7 Å². The second-order valence-corrected chi connectivity index (χ2v) is 4.11. The van der Waals surface area contributed by atoms with Crippen LogP contribution >= 0.6 is 0 Å². The molecule has 0 unspecified atom stereocenters. The van der Waals surface area contributed by atoms with Gasteiger partial charge in [0, 0.05) is 27.8 Å². The van der Waals surface area contributed by atoms with Crippen LogP contribution in [0.25, 0.3) is 10.9 Å². The van der Waals surface area contributed by atoms with Gasteiger partial charge in [0.05, 0.1) is 0 Å². The maximum Gasteiger partial charge on any atom is 0.192 e. The number of benzene rings is 1. The topological polar surface area (TPSA) is 58.9 Å². The number of pyridine rings is 1. The van der Waals surface area contributed by atoms with E-state index in [0.29, 0.717) is 11.1 Å². The van der Waals surface area contributed by atoms with E-state index < -0.39 is 0 Å². The summed E-state index contributed by atoms with van der Waals surface area (Å²) < 4.78 is 0. The molecule has 2 aromatic rings. The van der Waals surface area contributed by atoms with E-state index in [1.807, 2.05) is 13.0 Å². The molecule has 0 spiro atoms. The van der Waals surface area contributed by atoms with Gasteiger partial charge in [0.1, 0.15) is 0 Å². The number of nitrogen functional groups attached to an aromatic ring is 1. The fourth-order valence-electron chi connectivity index (χ4n) is 2.02. The number of hydrogen-bond acceptors (Lipinski definition) is 2. The smallest absolute Gasteiger partial charge is 0.192 e. The molecule has 0 saturated heterocycles. The second-order valence-electron chi connectivity index (χ2n) is 4.11. The summed E-state index contributed by atoms with van der Waals surface area (Å²) in [5.41, 5.74) is 9.14. The van der Waals surface area contributed by atoms with Gasteiger partial charge in [-0.25, -0.2) is 0 Å². The molecule has 2 rings (SSSR count). The van der Waals surface area contributed by atoms with Crippen molar-refractivity contribution < 1.29 is 0 Å². The highest BCUT2D eigenvalue weighted by Gasteiger charge is 2.08. The maximum atomic E-state index is 12.2. The summed E-state index contributed by atoms with van der Waals surface area (Å²) in [6.45, 7) is 4.02. The molecule has 0 saturated carbocycles. The lowest BCUT2D eigenvalue weighted by Crippen LogP contribution is -2.13. The molecular formula is C13H16N2O. The van der Waals surface area contributed by atoms with Crippen LogP contribution in [0, 0.1) is 6.92 Å². The first kappa shape index (κ1) is 10.7. The zero-order valence-corrected chi connectivity index (χ0v) is 9.63. The lowest BCUT2D eigenvalue weighted by molar-refractivity contribution is 0.895. The van der Waals surface area contributed by atoms with Crippen molar-refractivity contribution in [3.8, 4) is 0 Å². The molecule has 0 fully saturated rings. The van der Waals surface area contributed by atoms with Gasteiger partial charge in [-0.05, 0) is 31.5 Å². The fraction of sp³-hybridized carbons (Fsp3) is 0.308. The number of hydrogen-bond donors (Lipinski definition) is 2. The third-order valence-corrected chi connectivity index (χ3v) is 2.84. The SMILES string of the molecule is CCCc1c(C)[nH]c2ccc(N)cc2c1=O. The zero-order chi connectivity index (χ0) is 11.7. The van der Waals surface area contributed by atoms with E-state index in [0.717, 1.165) is 29.6 Å². The first-order valence-corrected chi connectivity index (χ1v) is 5.54. The number of aromatic nitrogens is 1. The molecule has 3 N–H and O–H groups in total. The van der Waals surface area contributed by atoms with Gasteiger partial charge < -0.3 is 10.7 Å². The monoisotopic (exact) mass is 216 g/mol. The van der Waals surface area contributed by atoms with Gasteiger partial charge in [-0.2, -0.15) is 0 Å². The van der Waals surface area contributed by atoms with Gasteiger partial charge in [0.25, 0.3) is 0 Å². The normalized spacial score (nSPS) is 10.9. The van der Waals surface area contributed by atoms with Crippen LogP contribution in [0.15, 0.2) is 23.0 Å². The third kappa shape index (κ3) is 1.69. The quantitative estimate of drug-likeness (QED) is 0.757. The summed E-state index contributed by atoms with van der Waals surface area (Å²) in [6.07, 6.45) is 1.78. The standard InChI is InChI=1S/C13H16N2O/c1-3-4-10-8(2)15-12-6-5-9(14)7-11(12)13(10)16/h5-7H,3-4,14H2,1-2H3,(H,15,16). The Bertz CT molecular complexity index is 584. The molecule has 1 aromatic heterocycles. The highest BCUT2D eigenvalue weighted by Crippen LogP contribution is 2.15. The molecule has 0 aliphatic rings. The van der Waals surface area contributed by atoms with Crippen LogP contribution in [-0.4, -0.2) is 4.98 Å². The molecule has 3 nitrogen and oxygen atoms in total. The summed E-state index contributed by atoms with van der Waals surface area (Å²) in [5.74, 6) is 0. The third-order valence-electron chi connectivity index (χ3n) is 2.84. The minimum Gasteiger partial charge on any atom is -0.399 e. The Kier molecular flexibility index (Phi) is 2.69. The molecule has 84 valence electrons.